The van der Waals surface area contributed by atoms with Crippen molar-refractivity contribution in [2.45, 2.75) is 25.4 Å². The third-order valence-corrected chi connectivity index (χ3v) is 7.02. The lowest BCUT2D eigenvalue weighted by atomic mass is 10.0. The number of fused-ring (bicyclic) bond motifs is 1. The maximum atomic E-state index is 13.5. The summed E-state index contributed by atoms with van der Waals surface area (Å²) in [5, 5.41) is 4.54. The Labute approximate surface area is 217 Å². The second-order valence-corrected chi connectivity index (χ2v) is 9.38. The molecule has 0 spiro atoms. The van der Waals surface area contributed by atoms with Crippen molar-refractivity contribution in [3.8, 4) is 5.75 Å². The predicted octanol–water partition coefficient (Wildman–Crippen LogP) is 3.57. The number of ketones is 1. The van der Waals surface area contributed by atoms with Gasteiger partial charge in [0.1, 0.15) is 11.6 Å². The van der Waals surface area contributed by atoms with Crippen LogP contribution in [0.5, 0.6) is 5.75 Å². The smallest absolute Gasteiger partial charge is 0.265 e. The van der Waals surface area contributed by atoms with E-state index < -0.39 is 6.04 Å². The lowest BCUT2D eigenvalue weighted by Crippen LogP contribution is -2.45. The van der Waals surface area contributed by atoms with Gasteiger partial charge in [-0.15, -0.1) is 11.3 Å². The normalized spacial score (nSPS) is 15.2. The highest BCUT2D eigenvalue weighted by Crippen LogP contribution is 2.28. The first-order valence-electron chi connectivity index (χ1n) is 11.6. The van der Waals surface area contributed by atoms with Crippen LogP contribution < -0.4 is 10.1 Å². The van der Waals surface area contributed by atoms with E-state index in [-0.39, 0.29) is 30.6 Å². The highest BCUT2D eigenvalue weighted by Gasteiger charge is 2.36. The predicted molar refractivity (Wildman–Crippen MR) is 138 cm³/mol. The maximum absolute atomic E-state index is 13.5. The molecule has 37 heavy (non-hydrogen) atoms. The van der Waals surface area contributed by atoms with Crippen LogP contribution >= 0.6 is 11.3 Å². The van der Waals surface area contributed by atoms with Gasteiger partial charge in [-0.05, 0) is 47.3 Å². The molecule has 1 unspecified atom stereocenters. The summed E-state index contributed by atoms with van der Waals surface area (Å²) in [4.78, 5) is 54.5. The Morgan fingerprint density at radius 1 is 1.08 bits per heavy atom. The van der Waals surface area contributed by atoms with E-state index in [4.69, 9.17) is 4.74 Å². The summed E-state index contributed by atoms with van der Waals surface area (Å²) in [7, 11) is 1.53. The fourth-order valence-corrected chi connectivity index (χ4v) is 5.04. The van der Waals surface area contributed by atoms with Crippen molar-refractivity contribution in [1.82, 2.24) is 19.9 Å². The monoisotopic (exact) mass is 513 g/mol. The summed E-state index contributed by atoms with van der Waals surface area (Å²) in [6.07, 6.45) is 5.17. The third-order valence-electron chi connectivity index (χ3n) is 6.07. The standard InChI is InChI=1S/C27H23N5O4S/c1-36-21-7-10-29-24(14-21)31-26(34)18-5-6-20(30-15-18)16-32-22(13-19-4-2-3-9-28-19)23(33)12-17-8-11-37-25(17)27(32)35/h2-11,14-15,22H,12-13,16H2,1H3,(H,29,31,34). The molecule has 2 amide bonds. The third kappa shape index (κ3) is 5.39. The van der Waals surface area contributed by atoms with Crippen molar-refractivity contribution < 1.29 is 19.1 Å². The van der Waals surface area contributed by atoms with E-state index in [2.05, 4.69) is 20.3 Å². The summed E-state index contributed by atoms with van der Waals surface area (Å²) in [5.41, 5.74) is 2.37. The molecule has 0 saturated heterocycles. The number of ether oxygens (including phenoxy) is 1. The first-order chi connectivity index (χ1) is 18.0. The number of methoxy groups -OCH3 is 1. The van der Waals surface area contributed by atoms with Gasteiger partial charge >= 0.3 is 0 Å². The van der Waals surface area contributed by atoms with Crippen molar-refractivity contribution in [1.29, 1.82) is 0 Å². The van der Waals surface area contributed by atoms with Gasteiger partial charge in [-0.25, -0.2) is 4.98 Å². The van der Waals surface area contributed by atoms with E-state index in [9.17, 15) is 14.4 Å². The molecule has 0 radical (unpaired) electrons. The van der Waals surface area contributed by atoms with Crippen molar-refractivity contribution in [3.05, 3.63) is 99.9 Å². The first kappa shape index (κ1) is 24.3. The molecule has 0 aliphatic carbocycles. The molecule has 4 aromatic rings. The van der Waals surface area contributed by atoms with E-state index >= 15 is 0 Å². The second kappa shape index (κ2) is 10.7. The van der Waals surface area contributed by atoms with Crippen LogP contribution in [0.4, 0.5) is 5.82 Å². The second-order valence-electron chi connectivity index (χ2n) is 8.47. The van der Waals surface area contributed by atoms with Gasteiger partial charge in [-0.2, -0.15) is 0 Å². The van der Waals surface area contributed by atoms with Gasteiger partial charge < -0.3 is 15.0 Å². The number of thiophene rings is 1. The largest absolute Gasteiger partial charge is 0.497 e. The summed E-state index contributed by atoms with van der Waals surface area (Å²) < 4.78 is 5.16. The van der Waals surface area contributed by atoms with Crippen LogP contribution in [0.3, 0.4) is 0 Å². The van der Waals surface area contributed by atoms with Crippen LogP contribution in [-0.4, -0.2) is 50.6 Å². The van der Waals surface area contributed by atoms with E-state index in [0.717, 1.165) is 11.3 Å². The number of carbonyl (C=O) groups is 3. The van der Waals surface area contributed by atoms with Crippen LogP contribution in [0.25, 0.3) is 0 Å². The average molecular weight is 514 g/mol. The lowest BCUT2D eigenvalue weighted by Gasteiger charge is -2.28. The van der Waals surface area contributed by atoms with E-state index in [1.807, 2.05) is 29.6 Å². The molecule has 5 heterocycles. The van der Waals surface area contributed by atoms with Crippen molar-refractivity contribution in [2.75, 3.05) is 12.4 Å². The summed E-state index contributed by atoms with van der Waals surface area (Å²) in [6.45, 7) is 0.124. The van der Waals surface area contributed by atoms with Crippen molar-refractivity contribution in [3.63, 3.8) is 0 Å². The zero-order valence-corrected chi connectivity index (χ0v) is 20.8. The number of nitrogens with one attached hydrogen (secondary N) is 1. The molecule has 1 N–H and O–H groups in total. The molecule has 1 aliphatic rings. The minimum absolute atomic E-state index is 0.0436. The Balaban J connectivity index is 1.37. The number of pyridine rings is 3. The number of nitrogens with zero attached hydrogens (tertiary/aromatic N) is 4. The zero-order valence-electron chi connectivity index (χ0n) is 20.0. The topological polar surface area (TPSA) is 114 Å². The molecule has 9 nitrogen and oxygen atoms in total. The average Bonchev–Trinajstić information content (AvgIpc) is 3.36. The van der Waals surface area contributed by atoms with Gasteiger partial charge in [0.15, 0.2) is 5.78 Å². The van der Waals surface area contributed by atoms with Gasteiger partial charge in [0.05, 0.1) is 35.8 Å². The van der Waals surface area contributed by atoms with E-state index in [1.165, 1.54) is 30.8 Å². The molecule has 1 atom stereocenters. The molecule has 0 aromatic carbocycles. The molecule has 1 aliphatic heterocycles. The quantitative estimate of drug-likeness (QED) is 0.402. The number of carbonyl (C=O) groups excluding carboxylic acids is 3. The highest BCUT2D eigenvalue weighted by molar-refractivity contribution is 7.12. The Kier molecular flexibility index (Phi) is 7.00. The summed E-state index contributed by atoms with van der Waals surface area (Å²) in [5.74, 6) is 0.301. The van der Waals surface area contributed by atoms with Gasteiger partial charge in [-0.1, -0.05) is 6.07 Å². The van der Waals surface area contributed by atoms with Crippen LogP contribution in [0.15, 0.2) is 72.5 Å². The molecular weight excluding hydrogens is 490 g/mol. The number of rotatable bonds is 7. The summed E-state index contributed by atoms with van der Waals surface area (Å²) in [6, 6.07) is 13.3. The Morgan fingerprint density at radius 3 is 2.73 bits per heavy atom. The molecule has 0 saturated carbocycles. The number of amides is 2. The van der Waals surface area contributed by atoms with Gasteiger partial charge in [0.25, 0.3) is 11.8 Å². The Hall–Kier alpha value is -4.44. The molecular formula is C27H23N5O4S. The zero-order chi connectivity index (χ0) is 25.8. The molecule has 4 aromatic heterocycles. The number of hydrogen-bond donors (Lipinski definition) is 1. The summed E-state index contributed by atoms with van der Waals surface area (Å²) >= 11 is 1.33. The lowest BCUT2D eigenvalue weighted by molar-refractivity contribution is -0.122. The van der Waals surface area contributed by atoms with Crippen LogP contribution in [0, 0.1) is 0 Å². The van der Waals surface area contributed by atoms with Gasteiger partial charge in [0, 0.05) is 43.2 Å². The minimum Gasteiger partial charge on any atom is -0.497 e. The maximum Gasteiger partial charge on any atom is 0.265 e. The molecule has 10 heteroatoms. The van der Waals surface area contributed by atoms with E-state index in [0.29, 0.717) is 34.1 Å². The van der Waals surface area contributed by atoms with Gasteiger partial charge in [0.2, 0.25) is 0 Å². The SMILES string of the molecule is COc1ccnc(NC(=O)c2ccc(CN3C(=O)c4sccc4CC(=O)C3Cc3ccccn3)nc2)c1. The van der Waals surface area contributed by atoms with Crippen LogP contribution in [0.2, 0.25) is 0 Å². The van der Waals surface area contributed by atoms with Crippen molar-refractivity contribution >= 4 is 34.8 Å². The molecule has 0 fully saturated rings. The Morgan fingerprint density at radius 2 is 1.97 bits per heavy atom. The molecule has 0 bridgehead atoms. The first-order valence-corrected chi connectivity index (χ1v) is 12.5. The van der Waals surface area contributed by atoms with E-state index in [1.54, 1.807) is 35.4 Å². The van der Waals surface area contributed by atoms with Gasteiger partial charge in [-0.3, -0.25) is 24.4 Å². The van der Waals surface area contributed by atoms with Crippen LogP contribution in [-0.2, 0) is 24.2 Å². The number of anilines is 1. The number of aromatic nitrogens is 3. The molecule has 186 valence electrons. The van der Waals surface area contributed by atoms with Crippen molar-refractivity contribution in [2.24, 2.45) is 0 Å². The number of hydrogen-bond acceptors (Lipinski definition) is 8. The highest BCUT2D eigenvalue weighted by atomic mass is 32.1. The number of Topliss-reactive ketones (excluding diaryl/α,β-unsaturated/α-hetero) is 1. The fraction of sp³-hybridized carbons (Fsp3) is 0.185. The minimum atomic E-state index is -0.675. The van der Waals surface area contributed by atoms with Crippen LogP contribution in [0.1, 0.15) is 37.0 Å². The fourth-order valence-electron chi connectivity index (χ4n) is 4.16. The molecule has 5 rings (SSSR count). The Bertz CT molecular complexity index is 1440.